The Hall–Kier alpha value is -2.14. The van der Waals surface area contributed by atoms with Gasteiger partial charge in [-0.25, -0.2) is 0 Å². The number of benzene rings is 1. The second-order valence-electron chi connectivity index (χ2n) is 5.52. The summed E-state index contributed by atoms with van der Waals surface area (Å²) in [7, 11) is 0. The topological polar surface area (TPSA) is 78.4 Å². The number of fused-ring (bicyclic) bond motifs is 1. The van der Waals surface area contributed by atoms with Crippen LogP contribution in [0.2, 0.25) is 0 Å². The Labute approximate surface area is 123 Å². The van der Waals surface area contributed by atoms with Crippen LogP contribution < -0.4 is 10.6 Å². The van der Waals surface area contributed by atoms with Crippen molar-refractivity contribution in [1.29, 1.82) is 0 Å². The molecule has 3 atom stereocenters. The molecule has 2 aliphatic rings. The first-order valence-corrected chi connectivity index (χ1v) is 7.18. The van der Waals surface area contributed by atoms with Crippen molar-refractivity contribution in [3.05, 3.63) is 47.5 Å². The maximum Gasteiger partial charge on any atom is 0.310 e. The van der Waals surface area contributed by atoms with E-state index in [4.69, 9.17) is 5.11 Å². The first-order valence-electron chi connectivity index (χ1n) is 7.18. The second-order valence-corrected chi connectivity index (χ2v) is 5.52. The minimum absolute atomic E-state index is 0.0946. The van der Waals surface area contributed by atoms with Crippen molar-refractivity contribution in [3.8, 4) is 0 Å². The average molecular weight is 286 g/mol. The molecule has 0 saturated carbocycles. The Kier molecular flexibility index (Phi) is 3.75. The van der Waals surface area contributed by atoms with Crippen molar-refractivity contribution >= 4 is 11.9 Å². The molecule has 1 aromatic carbocycles. The summed E-state index contributed by atoms with van der Waals surface area (Å²) in [6.45, 7) is 0.771. The smallest absolute Gasteiger partial charge is 0.310 e. The van der Waals surface area contributed by atoms with E-state index in [9.17, 15) is 9.59 Å². The zero-order valence-corrected chi connectivity index (χ0v) is 11.6. The van der Waals surface area contributed by atoms with Crippen LogP contribution >= 0.6 is 0 Å². The minimum atomic E-state index is -0.843. The molecule has 110 valence electrons. The van der Waals surface area contributed by atoms with Gasteiger partial charge in [0.1, 0.15) is 6.04 Å². The van der Waals surface area contributed by atoms with Crippen LogP contribution in [0, 0.1) is 5.92 Å². The molecule has 3 rings (SSSR count). The van der Waals surface area contributed by atoms with Crippen molar-refractivity contribution < 1.29 is 14.7 Å². The number of carbonyl (C=O) groups is 2. The fourth-order valence-corrected chi connectivity index (χ4v) is 2.99. The molecule has 0 spiro atoms. The van der Waals surface area contributed by atoms with Crippen LogP contribution in [0.5, 0.6) is 0 Å². The number of carbonyl (C=O) groups excluding carboxylic acids is 1. The van der Waals surface area contributed by atoms with Gasteiger partial charge in [-0.05, 0) is 24.0 Å². The van der Waals surface area contributed by atoms with Crippen molar-refractivity contribution in [2.45, 2.75) is 24.9 Å². The van der Waals surface area contributed by atoms with Gasteiger partial charge in [0, 0.05) is 12.6 Å². The summed E-state index contributed by atoms with van der Waals surface area (Å²) in [6.07, 6.45) is 4.76. The molecule has 1 aliphatic heterocycles. The van der Waals surface area contributed by atoms with E-state index >= 15 is 0 Å². The number of aliphatic carboxylic acids is 1. The highest BCUT2D eigenvalue weighted by molar-refractivity contribution is 5.84. The van der Waals surface area contributed by atoms with E-state index in [2.05, 4.69) is 10.6 Å². The minimum Gasteiger partial charge on any atom is -0.481 e. The maximum atomic E-state index is 12.4. The Bertz CT molecular complexity index is 597. The number of carboxylic acids is 1. The first-order chi connectivity index (χ1) is 10.1. The molecule has 21 heavy (non-hydrogen) atoms. The van der Waals surface area contributed by atoms with E-state index in [1.807, 2.05) is 24.3 Å². The van der Waals surface area contributed by atoms with Gasteiger partial charge in [-0.15, -0.1) is 0 Å². The quantitative estimate of drug-likeness (QED) is 0.725. The number of nitrogens with one attached hydrogen (secondary N) is 2. The fraction of sp³-hybridized carbons (Fsp3) is 0.375. The Morgan fingerprint density at radius 2 is 2.05 bits per heavy atom. The third-order valence-electron chi connectivity index (χ3n) is 4.10. The third kappa shape index (κ3) is 2.83. The number of rotatable bonds is 3. The third-order valence-corrected chi connectivity index (χ3v) is 4.10. The predicted molar refractivity (Wildman–Crippen MR) is 77.7 cm³/mol. The van der Waals surface area contributed by atoms with Gasteiger partial charge < -0.3 is 15.7 Å². The molecule has 0 radical (unpaired) electrons. The van der Waals surface area contributed by atoms with E-state index in [0.29, 0.717) is 6.42 Å². The second kappa shape index (κ2) is 5.69. The van der Waals surface area contributed by atoms with Crippen molar-refractivity contribution in [2.24, 2.45) is 5.92 Å². The van der Waals surface area contributed by atoms with Crippen LogP contribution in [0.1, 0.15) is 23.6 Å². The standard InChI is InChI=1S/C16H18N2O3/c19-15(18-12-6-5-11(9-12)16(20)21)14-13-4-2-1-3-10(13)7-8-17-14/h1-6,11-12,14,17H,7-9H2,(H,18,19)(H,20,21). The van der Waals surface area contributed by atoms with E-state index in [-0.39, 0.29) is 18.0 Å². The summed E-state index contributed by atoms with van der Waals surface area (Å²) in [6, 6.07) is 7.38. The molecular weight excluding hydrogens is 268 g/mol. The van der Waals surface area contributed by atoms with Crippen molar-refractivity contribution in [1.82, 2.24) is 10.6 Å². The summed E-state index contributed by atoms with van der Waals surface area (Å²) >= 11 is 0. The molecule has 0 bridgehead atoms. The van der Waals surface area contributed by atoms with Gasteiger partial charge in [0.15, 0.2) is 0 Å². The normalized spacial score (nSPS) is 27.1. The molecule has 0 fully saturated rings. The van der Waals surface area contributed by atoms with E-state index in [0.717, 1.165) is 18.5 Å². The summed E-state index contributed by atoms with van der Waals surface area (Å²) in [5.74, 6) is -1.44. The summed E-state index contributed by atoms with van der Waals surface area (Å²) < 4.78 is 0. The Morgan fingerprint density at radius 1 is 1.24 bits per heavy atom. The molecule has 1 heterocycles. The zero-order valence-electron chi connectivity index (χ0n) is 11.6. The van der Waals surface area contributed by atoms with Crippen LogP contribution in [0.15, 0.2) is 36.4 Å². The zero-order chi connectivity index (χ0) is 14.8. The van der Waals surface area contributed by atoms with Gasteiger partial charge >= 0.3 is 5.97 Å². The lowest BCUT2D eigenvalue weighted by Crippen LogP contribution is -2.44. The van der Waals surface area contributed by atoms with Crippen molar-refractivity contribution in [3.63, 3.8) is 0 Å². The van der Waals surface area contributed by atoms with Gasteiger partial charge in [-0.2, -0.15) is 0 Å². The highest BCUT2D eigenvalue weighted by atomic mass is 16.4. The number of carboxylic acid groups (broad SMARTS) is 1. The van der Waals surface area contributed by atoms with Crippen LogP contribution in [0.3, 0.4) is 0 Å². The molecule has 0 aromatic heterocycles. The SMILES string of the molecule is O=C(O)C1C=CC(NC(=O)C2NCCc3ccccc32)C1. The van der Waals surface area contributed by atoms with Gasteiger partial charge in [-0.1, -0.05) is 36.4 Å². The average Bonchev–Trinajstić information content (AvgIpc) is 2.95. The fourth-order valence-electron chi connectivity index (χ4n) is 2.99. The molecular formula is C16H18N2O3. The summed E-state index contributed by atoms with van der Waals surface area (Å²) in [4.78, 5) is 23.4. The van der Waals surface area contributed by atoms with Crippen LogP contribution in [-0.4, -0.2) is 29.6 Å². The molecule has 5 nitrogen and oxygen atoms in total. The lowest BCUT2D eigenvalue weighted by atomic mass is 9.93. The van der Waals surface area contributed by atoms with Crippen LogP contribution in [0.25, 0.3) is 0 Å². The molecule has 1 aromatic rings. The molecule has 0 saturated heterocycles. The molecule has 1 amide bonds. The number of amides is 1. The Balaban J connectivity index is 1.68. The highest BCUT2D eigenvalue weighted by Crippen LogP contribution is 2.24. The number of hydrogen-bond donors (Lipinski definition) is 3. The highest BCUT2D eigenvalue weighted by Gasteiger charge is 2.30. The largest absolute Gasteiger partial charge is 0.481 e. The van der Waals surface area contributed by atoms with Gasteiger partial charge in [0.05, 0.1) is 5.92 Å². The first kappa shape index (κ1) is 13.8. The maximum absolute atomic E-state index is 12.4. The van der Waals surface area contributed by atoms with Gasteiger partial charge in [0.2, 0.25) is 5.91 Å². The van der Waals surface area contributed by atoms with Gasteiger partial charge in [0.25, 0.3) is 0 Å². The summed E-state index contributed by atoms with van der Waals surface area (Å²) in [5.41, 5.74) is 2.21. The molecule has 3 N–H and O–H groups in total. The number of hydrogen-bond acceptors (Lipinski definition) is 3. The molecule has 3 unspecified atom stereocenters. The van der Waals surface area contributed by atoms with E-state index < -0.39 is 11.9 Å². The molecule has 5 heteroatoms. The van der Waals surface area contributed by atoms with E-state index in [1.54, 1.807) is 12.2 Å². The summed E-state index contributed by atoms with van der Waals surface area (Å²) in [5, 5.41) is 15.1. The lowest BCUT2D eigenvalue weighted by Gasteiger charge is -2.27. The van der Waals surface area contributed by atoms with Crippen molar-refractivity contribution in [2.75, 3.05) is 6.54 Å². The van der Waals surface area contributed by atoms with Crippen LogP contribution in [0.4, 0.5) is 0 Å². The molecule has 1 aliphatic carbocycles. The Morgan fingerprint density at radius 3 is 2.81 bits per heavy atom. The van der Waals surface area contributed by atoms with E-state index in [1.165, 1.54) is 5.56 Å². The predicted octanol–water partition coefficient (Wildman–Crippen LogP) is 1.02. The van der Waals surface area contributed by atoms with Gasteiger partial charge in [-0.3, -0.25) is 9.59 Å². The van der Waals surface area contributed by atoms with Crippen LogP contribution in [-0.2, 0) is 16.0 Å². The lowest BCUT2D eigenvalue weighted by molar-refractivity contribution is -0.140. The monoisotopic (exact) mass is 286 g/mol.